The van der Waals surface area contributed by atoms with Gasteiger partial charge in [-0.3, -0.25) is 9.59 Å². The van der Waals surface area contributed by atoms with Crippen molar-refractivity contribution in [3.05, 3.63) is 18.2 Å². The summed E-state index contributed by atoms with van der Waals surface area (Å²) in [7, 11) is 1.85. The summed E-state index contributed by atoms with van der Waals surface area (Å²) in [4.78, 5) is 33.4. The first-order valence-electron chi connectivity index (χ1n) is 9.64. The zero-order chi connectivity index (χ0) is 17.8. The van der Waals surface area contributed by atoms with Crippen LogP contribution in [0.1, 0.15) is 51.3 Å². The number of imidazole rings is 1. The average molecular weight is 346 g/mol. The molecule has 6 heteroatoms. The topological polar surface area (TPSA) is 58.4 Å². The van der Waals surface area contributed by atoms with Crippen molar-refractivity contribution in [3.8, 4) is 0 Å². The van der Waals surface area contributed by atoms with Crippen molar-refractivity contribution >= 4 is 11.8 Å². The SMILES string of the molecule is CCn1ccnc1CN(C)C(=O)C1CCN(C(=O)C2CCCC2)CC1. The maximum atomic E-state index is 12.7. The van der Waals surface area contributed by atoms with Gasteiger partial charge in [-0.15, -0.1) is 0 Å². The summed E-state index contributed by atoms with van der Waals surface area (Å²) in [5, 5.41) is 0. The quantitative estimate of drug-likeness (QED) is 0.822. The molecule has 2 amide bonds. The van der Waals surface area contributed by atoms with Gasteiger partial charge < -0.3 is 14.4 Å². The molecule has 0 radical (unpaired) electrons. The third-order valence-electron chi connectivity index (χ3n) is 5.76. The molecular formula is C19H30N4O2. The number of carbonyl (C=O) groups is 2. The molecule has 0 bridgehead atoms. The van der Waals surface area contributed by atoms with Crippen LogP contribution in [-0.2, 0) is 22.7 Å². The lowest BCUT2D eigenvalue weighted by molar-refractivity contribution is -0.142. The van der Waals surface area contributed by atoms with Crippen molar-refractivity contribution in [1.29, 1.82) is 0 Å². The largest absolute Gasteiger partial charge is 0.342 e. The molecule has 1 saturated carbocycles. The number of aromatic nitrogens is 2. The smallest absolute Gasteiger partial charge is 0.225 e. The Morgan fingerprint density at radius 1 is 1.16 bits per heavy atom. The van der Waals surface area contributed by atoms with E-state index in [1.165, 1.54) is 12.8 Å². The maximum absolute atomic E-state index is 12.7. The Morgan fingerprint density at radius 2 is 1.84 bits per heavy atom. The number of likely N-dealkylation sites (tertiary alicyclic amines) is 1. The van der Waals surface area contributed by atoms with E-state index in [0.29, 0.717) is 12.5 Å². The molecule has 6 nitrogen and oxygen atoms in total. The minimum atomic E-state index is 0.0302. The first-order valence-corrected chi connectivity index (χ1v) is 9.64. The predicted molar refractivity (Wildman–Crippen MR) is 95.6 cm³/mol. The molecular weight excluding hydrogens is 316 g/mol. The van der Waals surface area contributed by atoms with Crippen LogP contribution in [0.5, 0.6) is 0 Å². The van der Waals surface area contributed by atoms with Crippen LogP contribution in [0.2, 0.25) is 0 Å². The molecule has 0 atom stereocenters. The van der Waals surface area contributed by atoms with Crippen molar-refractivity contribution in [2.75, 3.05) is 20.1 Å². The minimum absolute atomic E-state index is 0.0302. The van der Waals surface area contributed by atoms with Gasteiger partial charge in [0.2, 0.25) is 11.8 Å². The minimum Gasteiger partial charge on any atom is -0.342 e. The van der Waals surface area contributed by atoms with Crippen LogP contribution in [0.3, 0.4) is 0 Å². The lowest BCUT2D eigenvalue weighted by atomic mass is 9.94. The Hall–Kier alpha value is -1.85. The molecule has 1 aromatic heterocycles. The molecule has 2 aliphatic rings. The van der Waals surface area contributed by atoms with Crippen LogP contribution in [0, 0.1) is 11.8 Å². The summed E-state index contributed by atoms with van der Waals surface area (Å²) in [6, 6.07) is 0. The molecule has 25 heavy (non-hydrogen) atoms. The summed E-state index contributed by atoms with van der Waals surface area (Å²) < 4.78 is 2.06. The van der Waals surface area contributed by atoms with Crippen molar-refractivity contribution in [2.45, 2.75) is 58.5 Å². The number of rotatable bonds is 5. The van der Waals surface area contributed by atoms with Crippen molar-refractivity contribution in [1.82, 2.24) is 19.4 Å². The number of carbonyl (C=O) groups excluding carboxylic acids is 2. The third-order valence-corrected chi connectivity index (χ3v) is 5.76. The van der Waals surface area contributed by atoms with Gasteiger partial charge >= 0.3 is 0 Å². The summed E-state index contributed by atoms with van der Waals surface area (Å²) in [5.41, 5.74) is 0. The molecule has 0 unspecified atom stereocenters. The van der Waals surface area contributed by atoms with Crippen LogP contribution in [0.4, 0.5) is 0 Å². The fourth-order valence-electron chi connectivity index (χ4n) is 4.16. The van der Waals surface area contributed by atoms with Gasteiger partial charge in [-0.2, -0.15) is 0 Å². The fourth-order valence-corrected chi connectivity index (χ4v) is 4.16. The molecule has 1 aliphatic carbocycles. The number of amides is 2. The molecule has 0 aromatic carbocycles. The van der Waals surface area contributed by atoms with Gasteiger partial charge in [0.1, 0.15) is 5.82 Å². The Balaban J connectivity index is 1.50. The second kappa shape index (κ2) is 8.02. The molecule has 1 aromatic rings. The number of piperidine rings is 1. The van der Waals surface area contributed by atoms with Crippen LogP contribution < -0.4 is 0 Å². The van der Waals surface area contributed by atoms with Crippen LogP contribution in [-0.4, -0.2) is 51.3 Å². The zero-order valence-electron chi connectivity index (χ0n) is 15.5. The average Bonchev–Trinajstić information content (AvgIpc) is 3.32. The van der Waals surface area contributed by atoms with Gasteiger partial charge in [-0.25, -0.2) is 4.98 Å². The molecule has 2 fully saturated rings. The van der Waals surface area contributed by atoms with Crippen LogP contribution in [0.15, 0.2) is 12.4 Å². The van der Waals surface area contributed by atoms with E-state index in [1.54, 1.807) is 11.1 Å². The number of hydrogen-bond donors (Lipinski definition) is 0. The summed E-state index contributed by atoms with van der Waals surface area (Å²) in [5.74, 6) is 1.69. The first-order chi connectivity index (χ1) is 12.1. The third kappa shape index (κ3) is 4.05. The van der Waals surface area contributed by atoms with Gasteiger partial charge in [0.05, 0.1) is 6.54 Å². The summed E-state index contributed by atoms with van der Waals surface area (Å²) in [6.07, 6.45) is 9.75. The number of nitrogens with zero attached hydrogens (tertiary/aromatic N) is 4. The van der Waals surface area contributed by atoms with Crippen molar-refractivity contribution in [3.63, 3.8) is 0 Å². The van der Waals surface area contributed by atoms with Gasteiger partial charge in [0.15, 0.2) is 0 Å². The van der Waals surface area contributed by atoms with E-state index < -0.39 is 0 Å². The number of hydrogen-bond acceptors (Lipinski definition) is 3. The van der Waals surface area contributed by atoms with E-state index in [1.807, 2.05) is 18.1 Å². The number of aryl methyl sites for hydroxylation is 1. The Kier molecular flexibility index (Phi) is 5.76. The van der Waals surface area contributed by atoms with Crippen molar-refractivity contribution in [2.24, 2.45) is 11.8 Å². The normalized spacial score (nSPS) is 19.4. The van der Waals surface area contributed by atoms with Gasteiger partial charge in [-0.05, 0) is 32.6 Å². The van der Waals surface area contributed by atoms with Crippen molar-refractivity contribution < 1.29 is 9.59 Å². The second-order valence-electron chi connectivity index (χ2n) is 7.40. The highest BCUT2D eigenvalue weighted by molar-refractivity contribution is 5.81. The lowest BCUT2D eigenvalue weighted by Gasteiger charge is -2.34. The van der Waals surface area contributed by atoms with Crippen LogP contribution in [0.25, 0.3) is 0 Å². The first kappa shape index (κ1) is 18.0. The summed E-state index contributed by atoms with van der Waals surface area (Å²) >= 11 is 0. The van der Waals surface area contributed by atoms with E-state index in [2.05, 4.69) is 16.5 Å². The molecule has 3 rings (SSSR count). The fraction of sp³-hybridized carbons (Fsp3) is 0.737. The zero-order valence-corrected chi connectivity index (χ0v) is 15.5. The van der Waals surface area contributed by atoms with Gasteiger partial charge in [0.25, 0.3) is 0 Å². The highest BCUT2D eigenvalue weighted by atomic mass is 16.2. The second-order valence-corrected chi connectivity index (χ2v) is 7.40. The van der Waals surface area contributed by atoms with E-state index in [0.717, 1.165) is 51.1 Å². The highest BCUT2D eigenvalue weighted by Crippen LogP contribution is 2.29. The molecule has 1 aliphatic heterocycles. The molecule has 138 valence electrons. The van der Waals surface area contributed by atoms with Gasteiger partial charge in [-0.1, -0.05) is 12.8 Å². The summed E-state index contributed by atoms with van der Waals surface area (Å²) in [6.45, 7) is 4.93. The monoisotopic (exact) mass is 346 g/mol. The lowest BCUT2D eigenvalue weighted by Crippen LogP contribution is -2.45. The van der Waals surface area contributed by atoms with E-state index in [9.17, 15) is 9.59 Å². The Morgan fingerprint density at radius 3 is 2.48 bits per heavy atom. The van der Waals surface area contributed by atoms with Crippen LogP contribution >= 0.6 is 0 Å². The predicted octanol–water partition coefficient (Wildman–Crippen LogP) is 2.29. The van der Waals surface area contributed by atoms with E-state index >= 15 is 0 Å². The highest BCUT2D eigenvalue weighted by Gasteiger charge is 2.33. The Bertz CT molecular complexity index is 598. The van der Waals surface area contributed by atoms with E-state index in [-0.39, 0.29) is 17.7 Å². The molecule has 0 spiro atoms. The molecule has 0 N–H and O–H groups in total. The van der Waals surface area contributed by atoms with E-state index in [4.69, 9.17) is 0 Å². The standard InChI is InChI=1S/C19H30N4O2/c1-3-22-13-10-20-17(22)14-21(2)18(24)16-8-11-23(12-9-16)19(25)15-6-4-5-7-15/h10,13,15-16H,3-9,11-12,14H2,1-2H3. The Labute approximate surface area is 150 Å². The molecule has 1 saturated heterocycles. The maximum Gasteiger partial charge on any atom is 0.225 e. The van der Waals surface area contributed by atoms with Gasteiger partial charge in [0, 0.05) is 50.9 Å². The molecule has 2 heterocycles.